The molecule has 0 spiro atoms. The Hall–Kier alpha value is -1.03. The number of nitrogens with one attached hydrogen (secondary N) is 1. The molecule has 1 unspecified atom stereocenters. The van der Waals surface area contributed by atoms with Crippen molar-refractivity contribution in [3.63, 3.8) is 0 Å². The summed E-state index contributed by atoms with van der Waals surface area (Å²) in [5, 5.41) is 2.81. The van der Waals surface area contributed by atoms with Crippen LogP contribution in [0.5, 0.6) is 5.75 Å². The van der Waals surface area contributed by atoms with Crippen molar-refractivity contribution >= 4 is 27.5 Å². The van der Waals surface area contributed by atoms with Crippen LogP contribution >= 0.6 is 15.9 Å². The van der Waals surface area contributed by atoms with E-state index in [4.69, 9.17) is 4.74 Å². The highest BCUT2D eigenvalue weighted by atomic mass is 79.9. The van der Waals surface area contributed by atoms with E-state index in [1.807, 2.05) is 18.2 Å². The van der Waals surface area contributed by atoms with E-state index in [1.54, 1.807) is 0 Å². The van der Waals surface area contributed by atoms with E-state index in [0.29, 0.717) is 4.83 Å². The summed E-state index contributed by atoms with van der Waals surface area (Å²) in [6.07, 6.45) is 2.20. The van der Waals surface area contributed by atoms with Gasteiger partial charge >= 0.3 is 0 Å². The SMILES string of the molecule is CCCC(Br)c1ccc2c(c1)NC(=O)CO2. The Labute approximate surface area is 103 Å². The Morgan fingerprint density at radius 1 is 1.56 bits per heavy atom. The first-order valence-corrected chi connectivity index (χ1v) is 6.33. The Balaban J connectivity index is 2.24. The van der Waals surface area contributed by atoms with Gasteiger partial charge in [0.05, 0.1) is 5.69 Å². The fourth-order valence-electron chi connectivity index (χ4n) is 1.72. The molecule has 1 amide bonds. The number of amides is 1. The van der Waals surface area contributed by atoms with Crippen LogP contribution in [0.2, 0.25) is 0 Å². The topological polar surface area (TPSA) is 38.3 Å². The standard InChI is InChI=1S/C12H14BrNO2/c1-2-3-9(13)8-4-5-11-10(6-8)14-12(15)7-16-11/h4-6,9H,2-3,7H2,1H3,(H,14,15). The van der Waals surface area contributed by atoms with E-state index in [0.717, 1.165) is 24.3 Å². The molecular weight excluding hydrogens is 270 g/mol. The lowest BCUT2D eigenvalue weighted by Gasteiger charge is -2.19. The normalized spacial score (nSPS) is 16.0. The number of ether oxygens (including phenoxy) is 1. The van der Waals surface area contributed by atoms with Gasteiger partial charge < -0.3 is 10.1 Å². The molecule has 4 heteroatoms. The lowest BCUT2D eigenvalue weighted by molar-refractivity contribution is -0.118. The van der Waals surface area contributed by atoms with Gasteiger partial charge in [-0.1, -0.05) is 35.3 Å². The van der Waals surface area contributed by atoms with E-state index in [9.17, 15) is 4.79 Å². The Bertz CT molecular complexity index is 406. The van der Waals surface area contributed by atoms with Gasteiger partial charge in [0.1, 0.15) is 5.75 Å². The minimum atomic E-state index is -0.0914. The van der Waals surface area contributed by atoms with Gasteiger partial charge in [-0.25, -0.2) is 0 Å². The smallest absolute Gasteiger partial charge is 0.262 e. The predicted molar refractivity (Wildman–Crippen MR) is 67.1 cm³/mol. The predicted octanol–water partition coefficient (Wildman–Crippen LogP) is 3.25. The molecule has 1 N–H and O–H groups in total. The lowest BCUT2D eigenvalue weighted by Crippen LogP contribution is -2.25. The third kappa shape index (κ3) is 2.38. The van der Waals surface area contributed by atoms with Crippen LogP contribution in [0.15, 0.2) is 18.2 Å². The van der Waals surface area contributed by atoms with E-state index in [-0.39, 0.29) is 12.5 Å². The van der Waals surface area contributed by atoms with Crippen LogP contribution < -0.4 is 10.1 Å². The third-order valence-electron chi connectivity index (χ3n) is 2.54. The first kappa shape index (κ1) is 11.5. The van der Waals surface area contributed by atoms with Gasteiger partial charge in [-0.3, -0.25) is 4.79 Å². The summed E-state index contributed by atoms with van der Waals surface area (Å²) >= 11 is 3.64. The van der Waals surface area contributed by atoms with E-state index < -0.39 is 0 Å². The second kappa shape index (κ2) is 4.87. The molecule has 2 rings (SSSR count). The summed E-state index contributed by atoms with van der Waals surface area (Å²) in [7, 11) is 0. The van der Waals surface area contributed by atoms with Crippen molar-refractivity contribution in [3.8, 4) is 5.75 Å². The highest BCUT2D eigenvalue weighted by Gasteiger charge is 2.17. The molecule has 1 aromatic rings. The molecule has 1 atom stereocenters. The van der Waals surface area contributed by atoms with Crippen molar-refractivity contribution in [1.29, 1.82) is 0 Å². The first-order valence-electron chi connectivity index (χ1n) is 5.41. The van der Waals surface area contributed by atoms with Gasteiger partial charge in [-0.2, -0.15) is 0 Å². The molecule has 1 heterocycles. The maximum atomic E-state index is 11.2. The summed E-state index contributed by atoms with van der Waals surface area (Å²) in [4.78, 5) is 11.5. The molecule has 1 aromatic carbocycles. The van der Waals surface area contributed by atoms with Crippen LogP contribution in [0.4, 0.5) is 5.69 Å². The Morgan fingerprint density at radius 2 is 2.38 bits per heavy atom. The molecule has 0 saturated carbocycles. The summed E-state index contributed by atoms with van der Waals surface area (Å²) in [6, 6.07) is 5.92. The summed E-state index contributed by atoms with van der Waals surface area (Å²) in [6.45, 7) is 2.26. The van der Waals surface area contributed by atoms with Gasteiger partial charge in [0.2, 0.25) is 0 Å². The second-order valence-electron chi connectivity index (χ2n) is 3.85. The van der Waals surface area contributed by atoms with E-state index in [2.05, 4.69) is 28.2 Å². The number of rotatable bonds is 3. The highest BCUT2D eigenvalue weighted by molar-refractivity contribution is 9.09. The van der Waals surface area contributed by atoms with Crippen LogP contribution in [0.25, 0.3) is 0 Å². The summed E-state index contributed by atoms with van der Waals surface area (Å²) in [5.74, 6) is 0.658. The summed E-state index contributed by atoms with van der Waals surface area (Å²) < 4.78 is 5.30. The number of hydrogen-bond acceptors (Lipinski definition) is 2. The fourth-order valence-corrected chi connectivity index (χ4v) is 2.46. The minimum Gasteiger partial charge on any atom is -0.482 e. The van der Waals surface area contributed by atoms with Crippen molar-refractivity contribution in [2.75, 3.05) is 11.9 Å². The van der Waals surface area contributed by atoms with Gasteiger partial charge in [0.15, 0.2) is 6.61 Å². The molecule has 86 valence electrons. The van der Waals surface area contributed by atoms with Crippen molar-refractivity contribution in [2.45, 2.75) is 24.6 Å². The minimum absolute atomic E-state index is 0.0914. The molecule has 0 fully saturated rings. The number of anilines is 1. The molecule has 1 aliphatic heterocycles. The number of carbonyl (C=O) groups is 1. The molecule has 0 radical (unpaired) electrons. The Morgan fingerprint density at radius 3 is 3.12 bits per heavy atom. The van der Waals surface area contributed by atoms with Crippen LogP contribution in [0.1, 0.15) is 30.2 Å². The number of hydrogen-bond donors (Lipinski definition) is 1. The van der Waals surface area contributed by atoms with E-state index in [1.165, 1.54) is 5.56 Å². The zero-order valence-electron chi connectivity index (χ0n) is 9.13. The third-order valence-corrected chi connectivity index (χ3v) is 3.53. The monoisotopic (exact) mass is 283 g/mol. The second-order valence-corrected chi connectivity index (χ2v) is 4.95. The van der Waals surface area contributed by atoms with Crippen LogP contribution in [-0.2, 0) is 4.79 Å². The van der Waals surface area contributed by atoms with E-state index >= 15 is 0 Å². The zero-order chi connectivity index (χ0) is 11.5. The van der Waals surface area contributed by atoms with Gasteiger partial charge in [-0.05, 0) is 24.1 Å². The maximum Gasteiger partial charge on any atom is 0.262 e. The number of carbonyl (C=O) groups excluding carboxylic acids is 1. The van der Waals surface area contributed by atoms with Gasteiger partial charge in [-0.15, -0.1) is 0 Å². The largest absolute Gasteiger partial charge is 0.482 e. The first-order chi connectivity index (χ1) is 7.70. The molecule has 0 saturated heterocycles. The van der Waals surface area contributed by atoms with Crippen LogP contribution in [0, 0.1) is 0 Å². The molecule has 3 nitrogen and oxygen atoms in total. The average molecular weight is 284 g/mol. The van der Waals surface area contributed by atoms with Gasteiger partial charge in [0.25, 0.3) is 5.91 Å². The highest BCUT2D eigenvalue weighted by Crippen LogP contribution is 2.34. The Kier molecular flexibility index (Phi) is 3.49. The molecule has 0 aliphatic carbocycles. The quantitative estimate of drug-likeness (QED) is 0.865. The number of halogens is 1. The van der Waals surface area contributed by atoms with Crippen molar-refractivity contribution in [1.82, 2.24) is 0 Å². The number of fused-ring (bicyclic) bond motifs is 1. The molecule has 0 bridgehead atoms. The molecule has 1 aliphatic rings. The van der Waals surface area contributed by atoms with Crippen LogP contribution in [-0.4, -0.2) is 12.5 Å². The zero-order valence-corrected chi connectivity index (χ0v) is 10.7. The van der Waals surface area contributed by atoms with Crippen molar-refractivity contribution in [3.05, 3.63) is 23.8 Å². The molecular formula is C12H14BrNO2. The average Bonchev–Trinajstić information content (AvgIpc) is 2.28. The lowest BCUT2D eigenvalue weighted by atomic mass is 10.1. The fraction of sp³-hybridized carbons (Fsp3) is 0.417. The van der Waals surface area contributed by atoms with Crippen molar-refractivity contribution < 1.29 is 9.53 Å². The number of alkyl halides is 1. The van der Waals surface area contributed by atoms with Gasteiger partial charge in [0, 0.05) is 4.83 Å². The van der Waals surface area contributed by atoms with Crippen molar-refractivity contribution in [2.24, 2.45) is 0 Å². The maximum absolute atomic E-state index is 11.2. The number of benzene rings is 1. The molecule has 0 aromatic heterocycles. The summed E-state index contributed by atoms with van der Waals surface area (Å²) in [5.41, 5.74) is 1.95. The van der Waals surface area contributed by atoms with Crippen LogP contribution in [0.3, 0.4) is 0 Å². The molecule has 16 heavy (non-hydrogen) atoms.